The molecule has 2 aromatic carbocycles. The lowest BCUT2D eigenvalue weighted by Crippen LogP contribution is -2.64. The number of aromatic amines is 1. The predicted octanol–water partition coefficient (Wildman–Crippen LogP) is 9.43. The molecule has 5 aliphatic carbocycles. The molecule has 3 N–H and O–H groups in total. The third kappa shape index (κ3) is 11.1. The Labute approximate surface area is 440 Å². The number of anilines is 4. The third-order valence-corrected chi connectivity index (χ3v) is 22.2. The topological polar surface area (TPSA) is 184 Å². The number of benzene rings is 2. The van der Waals surface area contributed by atoms with E-state index in [2.05, 4.69) is 91.3 Å². The first-order valence-electron chi connectivity index (χ1n) is 27.8. The van der Waals surface area contributed by atoms with E-state index in [1.807, 2.05) is 0 Å². The Morgan fingerprint density at radius 2 is 1.15 bits per heavy atom. The maximum absolute atomic E-state index is 13.2. The Bertz CT molecular complexity index is 2800. The first kappa shape index (κ1) is 53.0. The van der Waals surface area contributed by atoms with Gasteiger partial charge in [-0.05, 0) is 179 Å². The lowest BCUT2D eigenvalue weighted by Gasteiger charge is -2.56. The van der Waals surface area contributed by atoms with Crippen LogP contribution < -0.4 is 10.6 Å². The number of hydrogen-bond donors (Lipinski definition) is 3. The van der Waals surface area contributed by atoms with E-state index in [9.17, 15) is 16.8 Å². The van der Waals surface area contributed by atoms with Gasteiger partial charge in [-0.25, -0.2) is 26.6 Å². The number of nitrogens with zero attached hydrogens (tertiary/aromatic N) is 8. The maximum Gasteiger partial charge on any atom is 0.298 e. The summed E-state index contributed by atoms with van der Waals surface area (Å²) in [5.41, 5.74) is 14.1. The van der Waals surface area contributed by atoms with Crippen LogP contribution in [0.3, 0.4) is 0 Å². The van der Waals surface area contributed by atoms with Crippen LogP contribution in [0.25, 0.3) is 0 Å². The van der Waals surface area contributed by atoms with Crippen LogP contribution in [-0.4, -0.2) is 126 Å². The molecule has 0 amide bonds. The van der Waals surface area contributed by atoms with Gasteiger partial charge in [0.1, 0.15) is 6.73 Å². The number of H-pyrrole nitrogens is 1. The normalized spacial score (nSPS) is 21.1. The zero-order chi connectivity index (χ0) is 51.2. The molecule has 1 saturated carbocycles. The Kier molecular flexibility index (Phi) is 15.6. The molecule has 400 valence electrons. The Morgan fingerprint density at radius 1 is 0.658 bits per heavy atom. The van der Waals surface area contributed by atoms with E-state index >= 15 is 0 Å². The molecular formula is C53H80ClN11O5S2Si. The smallest absolute Gasteiger partial charge is 0.298 e. The molecule has 0 radical (unpaired) electrons. The summed E-state index contributed by atoms with van der Waals surface area (Å²) in [5.74, 6) is 0.708. The molecule has 3 saturated heterocycles. The molecule has 0 atom stereocenters. The second-order valence-corrected chi connectivity index (χ2v) is 33.2. The Morgan fingerprint density at radius 3 is 1.62 bits per heavy atom. The van der Waals surface area contributed by atoms with Gasteiger partial charge in [-0.2, -0.15) is 14.3 Å². The fourth-order valence-electron chi connectivity index (χ4n) is 13.5. The van der Waals surface area contributed by atoms with E-state index in [0.29, 0.717) is 37.1 Å². The molecular weight excluding hydrogens is 998 g/mol. The number of fused-ring (bicyclic) bond motifs is 4. The van der Waals surface area contributed by atoms with Crippen molar-refractivity contribution in [3.63, 3.8) is 0 Å². The number of sulfonamides is 1. The van der Waals surface area contributed by atoms with Gasteiger partial charge in [0, 0.05) is 74.0 Å². The average Bonchev–Trinajstić information content (AvgIpc) is 4.22. The van der Waals surface area contributed by atoms with Gasteiger partial charge < -0.3 is 15.4 Å². The van der Waals surface area contributed by atoms with Gasteiger partial charge in [-0.15, -0.1) is 10.2 Å². The molecule has 3 aliphatic heterocycles. The Hall–Kier alpha value is -3.43. The average molecular weight is 1080 g/mol. The lowest BCUT2D eigenvalue weighted by molar-refractivity contribution is -0.0435. The van der Waals surface area contributed by atoms with E-state index in [1.54, 1.807) is 4.31 Å². The van der Waals surface area contributed by atoms with Gasteiger partial charge in [0.25, 0.3) is 29.4 Å². The van der Waals surface area contributed by atoms with Crippen LogP contribution in [0, 0.1) is 0 Å². The van der Waals surface area contributed by atoms with Crippen molar-refractivity contribution in [3.8, 4) is 0 Å². The largest absolute Gasteiger partial charge is 0.359 e. The standard InChI is InChI=1S/C23H32N6O2S.C20H29ClN4O3SSi.C10H19N/c1-2-28-12-9-23(28)10-13-29(14-11-23)32(30,31)22-25-21(26-27-22)24-20-18-7-3-5-16(18)15-17-6-4-8-19(17)20;1-30(2,3)11-10-28-13-25-19(23-20(24-25)29(21,26)27)22-18-16-8-4-6-14(16)12-15-7-5-9-17(15)18;1-2-11-9-8-10(11)6-4-3-5-7-10/h15H,2-14H2,1H3,(H2,24,25,26,27);12H,4-11,13H2,1-3H3,(H,22,23,24);2-9H2,1H3. The minimum Gasteiger partial charge on any atom is -0.359 e. The zero-order valence-electron chi connectivity index (χ0n) is 44.2. The van der Waals surface area contributed by atoms with E-state index in [1.165, 1.54) is 120 Å². The SMILES string of the molecule is CCN1CCC12CCCCC2.CCN1CCC12CCN(S(=O)(=O)c1nc(Nc3c4c(cc5c3CCC5)CCC4)n[nH]1)CC2.C[Si](C)(C)CCOCn1nc(S(=O)(=O)Cl)nc1Nc1c2c(cc3c1CCC3)CCC2. The summed E-state index contributed by atoms with van der Waals surface area (Å²) < 4.78 is 59.0. The van der Waals surface area contributed by atoms with Crippen LogP contribution in [0.2, 0.25) is 25.7 Å². The molecule has 12 rings (SSSR count). The van der Waals surface area contributed by atoms with Crippen LogP contribution >= 0.6 is 10.7 Å². The van der Waals surface area contributed by atoms with Gasteiger partial charge in [0.2, 0.25) is 11.9 Å². The van der Waals surface area contributed by atoms with Crippen molar-refractivity contribution in [2.75, 3.05) is 56.5 Å². The number of aryl methyl sites for hydroxylation is 4. The van der Waals surface area contributed by atoms with Crippen molar-refractivity contribution in [1.29, 1.82) is 0 Å². The fraction of sp³-hybridized carbons (Fsp3) is 0.698. The highest BCUT2D eigenvalue weighted by atomic mass is 35.7. The zero-order valence-corrected chi connectivity index (χ0v) is 47.6. The summed E-state index contributed by atoms with van der Waals surface area (Å²) in [6, 6.07) is 5.76. The number of aromatic nitrogens is 6. The van der Waals surface area contributed by atoms with Gasteiger partial charge >= 0.3 is 0 Å². The second kappa shape index (κ2) is 21.5. The number of nitrogens with one attached hydrogen (secondary N) is 3. The van der Waals surface area contributed by atoms with Crippen LogP contribution in [0.5, 0.6) is 0 Å². The number of likely N-dealkylation sites (tertiary alicyclic amines) is 2. The van der Waals surface area contributed by atoms with Crippen molar-refractivity contribution < 1.29 is 21.6 Å². The molecule has 5 heterocycles. The number of halogens is 1. The molecule has 0 unspecified atom stereocenters. The monoisotopic (exact) mass is 1080 g/mol. The minimum absolute atomic E-state index is 0.0545. The van der Waals surface area contributed by atoms with E-state index in [-0.39, 0.29) is 17.4 Å². The number of rotatable bonds is 14. The second-order valence-electron chi connectivity index (χ2n) is 23.3. The highest BCUT2D eigenvalue weighted by Gasteiger charge is 2.48. The van der Waals surface area contributed by atoms with E-state index in [4.69, 9.17) is 15.4 Å². The summed E-state index contributed by atoms with van der Waals surface area (Å²) in [6.07, 6.45) is 25.1. The van der Waals surface area contributed by atoms with Gasteiger partial charge in [-0.3, -0.25) is 9.80 Å². The van der Waals surface area contributed by atoms with Crippen molar-refractivity contribution in [2.45, 2.75) is 202 Å². The van der Waals surface area contributed by atoms with Gasteiger partial charge in [0.05, 0.1) is 0 Å². The van der Waals surface area contributed by atoms with E-state index in [0.717, 1.165) is 108 Å². The first-order chi connectivity index (χ1) is 35.0. The number of piperidine rings is 1. The molecule has 2 spiro atoms. The molecule has 4 aromatic rings. The maximum atomic E-state index is 13.2. The predicted molar refractivity (Wildman–Crippen MR) is 291 cm³/mol. The molecule has 20 heteroatoms. The lowest BCUT2D eigenvalue weighted by atomic mass is 9.73. The van der Waals surface area contributed by atoms with Crippen LogP contribution in [0.4, 0.5) is 23.3 Å². The minimum atomic E-state index is -4.03. The number of ether oxygens (including phenoxy) is 1. The fourth-order valence-corrected chi connectivity index (χ4v) is 16.1. The van der Waals surface area contributed by atoms with Crippen molar-refractivity contribution >= 4 is 61.1 Å². The molecule has 73 heavy (non-hydrogen) atoms. The summed E-state index contributed by atoms with van der Waals surface area (Å²) in [7, 11) is -3.40. The molecule has 2 aromatic heterocycles. The molecule has 4 fully saturated rings. The van der Waals surface area contributed by atoms with E-state index < -0.39 is 32.3 Å². The summed E-state index contributed by atoms with van der Waals surface area (Å²) in [4.78, 5) is 13.8. The highest BCUT2D eigenvalue weighted by molar-refractivity contribution is 8.13. The third-order valence-electron chi connectivity index (χ3n) is 17.8. The van der Waals surface area contributed by atoms with Crippen molar-refractivity contribution in [3.05, 3.63) is 56.6 Å². The molecule has 16 nitrogen and oxygen atoms in total. The Balaban J connectivity index is 0.000000139. The summed E-state index contributed by atoms with van der Waals surface area (Å²) >= 11 is 0. The molecule has 0 bridgehead atoms. The van der Waals surface area contributed by atoms with Crippen molar-refractivity contribution in [2.24, 2.45) is 0 Å². The molecule has 8 aliphatic rings. The van der Waals surface area contributed by atoms with Crippen LogP contribution in [0.15, 0.2) is 22.4 Å². The van der Waals surface area contributed by atoms with Gasteiger partial charge in [-0.1, -0.05) is 64.9 Å². The highest BCUT2D eigenvalue weighted by Crippen LogP contribution is 2.44. The first-order valence-corrected chi connectivity index (χ1v) is 35.2. The van der Waals surface area contributed by atoms with Gasteiger partial charge in [0.15, 0.2) is 0 Å². The van der Waals surface area contributed by atoms with Crippen molar-refractivity contribution in [1.82, 2.24) is 44.1 Å². The summed E-state index contributed by atoms with van der Waals surface area (Å²) in [5, 5.41) is 17.4. The van der Waals surface area contributed by atoms with Crippen LogP contribution in [0.1, 0.15) is 142 Å². The quantitative estimate of drug-likeness (QED) is 0.0617. The van der Waals surface area contributed by atoms with Crippen LogP contribution in [-0.2, 0) is 81.9 Å². The summed E-state index contributed by atoms with van der Waals surface area (Å²) in [6.45, 7) is 18.0. The number of hydrogen-bond acceptors (Lipinski definition) is 13.